The van der Waals surface area contributed by atoms with E-state index in [1.54, 1.807) is 0 Å². The van der Waals surface area contributed by atoms with E-state index in [1.807, 2.05) is 61.5 Å². The van der Waals surface area contributed by atoms with E-state index in [0.29, 0.717) is 10.9 Å². The van der Waals surface area contributed by atoms with Crippen molar-refractivity contribution < 1.29 is 23.1 Å². The van der Waals surface area contributed by atoms with Crippen LogP contribution < -0.4 is 5.32 Å². The first kappa shape index (κ1) is 23.7. The lowest BCUT2D eigenvalue weighted by molar-refractivity contribution is 0.0696. The first-order chi connectivity index (χ1) is 16.1. The average Bonchev–Trinajstić information content (AvgIpc) is 2.78. The summed E-state index contributed by atoms with van der Waals surface area (Å²) in [7, 11) is -3.81. The molecule has 34 heavy (non-hydrogen) atoms. The van der Waals surface area contributed by atoms with Gasteiger partial charge in [0.2, 0.25) is 0 Å². The van der Waals surface area contributed by atoms with Crippen molar-refractivity contribution in [2.45, 2.75) is 11.8 Å². The van der Waals surface area contributed by atoms with Crippen LogP contribution in [0, 0.1) is 6.92 Å². The number of hydrogen-bond donors (Lipinski definition) is 2. The molecule has 0 saturated heterocycles. The van der Waals surface area contributed by atoms with Gasteiger partial charge in [-0.3, -0.25) is 4.79 Å². The minimum atomic E-state index is -3.81. The number of benzene rings is 4. The number of carbonyl (C=O) groups is 2. The number of fused-ring (bicyclic) bond motifs is 1. The van der Waals surface area contributed by atoms with Crippen molar-refractivity contribution in [3.63, 3.8) is 0 Å². The van der Waals surface area contributed by atoms with E-state index < -0.39 is 21.7 Å². The highest BCUT2D eigenvalue weighted by molar-refractivity contribution is 9.10. The zero-order chi connectivity index (χ0) is 24.6. The number of carboxylic acid groups (broad SMARTS) is 1. The summed E-state index contributed by atoms with van der Waals surface area (Å²) in [5, 5.41) is 13.5. The molecular formula is C26H20BrNO5S. The molecule has 0 radical (unpaired) electrons. The lowest BCUT2D eigenvalue weighted by atomic mass is 9.91. The summed E-state index contributed by atoms with van der Waals surface area (Å²) in [5.41, 5.74) is 2.80. The third-order valence-corrected chi connectivity index (χ3v) is 7.18. The van der Waals surface area contributed by atoms with Crippen LogP contribution in [0.1, 0.15) is 26.3 Å². The summed E-state index contributed by atoms with van der Waals surface area (Å²) < 4.78 is 25.5. The van der Waals surface area contributed by atoms with Gasteiger partial charge in [-0.05, 0) is 70.8 Å². The van der Waals surface area contributed by atoms with Gasteiger partial charge in [-0.1, -0.05) is 52.3 Å². The van der Waals surface area contributed by atoms with Crippen LogP contribution in [0.2, 0.25) is 0 Å². The molecule has 0 aliphatic carbocycles. The fourth-order valence-electron chi connectivity index (χ4n) is 3.93. The van der Waals surface area contributed by atoms with Crippen LogP contribution in [0.25, 0.3) is 21.9 Å². The molecule has 2 N–H and O–H groups in total. The van der Waals surface area contributed by atoms with Crippen molar-refractivity contribution in [1.29, 1.82) is 0 Å². The van der Waals surface area contributed by atoms with Crippen LogP contribution in [-0.2, 0) is 9.84 Å². The Kier molecular flexibility index (Phi) is 6.29. The molecule has 0 fully saturated rings. The van der Waals surface area contributed by atoms with Gasteiger partial charge >= 0.3 is 5.97 Å². The Hall–Kier alpha value is -3.49. The SMILES string of the molecule is Cc1c(-c2ccccc2)cc2ccc(Br)cc2c1C(=O)Nc1ccc(C(=O)O)cc1S(C)(=O)=O. The Morgan fingerprint density at radius 1 is 0.941 bits per heavy atom. The van der Waals surface area contributed by atoms with Crippen molar-refractivity contribution >= 4 is 54.1 Å². The molecule has 0 spiro atoms. The van der Waals surface area contributed by atoms with Gasteiger partial charge in [0.1, 0.15) is 0 Å². The monoisotopic (exact) mass is 537 g/mol. The smallest absolute Gasteiger partial charge is 0.335 e. The minimum absolute atomic E-state index is 0.0187. The number of hydrogen-bond acceptors (Lipinski definition) is 4. The number of carboxylic acids is 1. The summed E-state index contributed by atoms with van der Waals surface area (Å²) in [4.78, 5) is 24.7. The maximum absolute atomic E-state index is 13.6. The lowest BCUT2D eigenvalue weighted by Gasteiger charge is -2.17. The molecule has 0 aromatic heterocycles. The molecule has 172 valence electrons. The second-order valence-electron chi connectivity index (χ2n) is 7.90. The Morgan fingerprint density at radius 2 is 1.65 bits per heavy atom. The number of carbonyl (C=O) groups excluding carboxylic acids is 1. The fourth-order valence-corrected chi connectivity index (χ4v) is 5.15. The first-order valence-corrected chi connectivity index (χ1v) is 12.9. The molecule has 8 heteroatoms. The standard InChI is InChI=1S/C26H20BrNO5S/c1-15-20(16-6-4-3-5-7-16)12-17-8-10-19(27)14-21(17)24(15)25(29)28-22-11-9-18(26(30)31)13-23(22)34(2,32)33/h3-14H,1-2H3,(H,28,29)(H,30,31). The van der Waals surface area contributed by atoms with E-state index in [0.717, 1.165) is 38.9 Å². The van der Waals surface area contributed by atoms with E-state index in [1.165, 1.54) is 12.1 Å². The number of aromatic carboxylic acids is 1. The normalized spacial score (nSPS) is 11.4. The Labute approximate surface area is 205 Å². The second kappa shape index (κ2) is 9.04. The topological polar surface area (TPSA) is 101 Å². The van der Waals surface area contributed by atoms with Gasteiger partial charge < -0.3 is 10.4 Å². The summed E-state index contributed by atoms with van der Waals surface area (Å²) in [6.07, 6.45) is 0.970. The molecule has 0 aliphatic heterocycles. The predicted molar refractivity (Wildman–Crippen MR) is 136 cm³/mol. The zero-order valence-electron chi connectivity index (χ0n) is 18.3. The highest BCUT2D eigenvalue weighted by Gasteiger charge is 2.22. The van der Waals surface area contributed by atoms with Gasteiger partial charge in [0.05, 0.1) is 21.7 Å². The van der Waals surface area contributed by atoms with Crippen molar-refractivity contribution in [1.82, 2.24) is 0 Å². The number of nitrogens with one attached hydrogen (secondary N) is 1. The largest absolute Gasteiger partial charge is 0.478 e. The highest BCUT2D eigenvalue weighted by atomic mass is 79.9. The molecular weight excluding hydrogens is 518 g/mol. The van der Waals surface area contributed by atoms with E-state index in [9.17, 15) is 23.1 Å². The Bertz CT molecular complexity index is 1560. The molecule has 6 nitrogen and oxygen atoms in total. The van der Waals surface area contributed by atoms with Crippen LogP contribution in [-0.4, -0.2) is 31.7 Å². The molecule has 4 aromatic carbocycles. The molecule has 0 atom stereocenters. The molecule has 0 saturated carbocycles. The third kappa shape index (κ3) is 4.60. The number of rotatable bonds is 5. The summed E-state index contributed by atoms with van der Waals surface area (Å²) in [6, 6.07) is 20.9. The number of anilines is 1. The molecule has 0 unspecified atom stereocenters. The molecule has 1 amide bonds. The minimum Gasteiger partial charge on any atom is -0.478 e. The molecule has 0 heterocycles. The van der Waals surface area contributed by atoms with E-state index in [2.05, 4.69) is 21.2 Å². The van der Waals surface area contributed by atoms with E-state index in [4.69, 9.17) is 0 Å². The summed E-state index contributed by atoms with van der Waals surface area (Å²) in [5.74, 6) is -1.75. The van der Waals surface area contributed by atoms with Gasteiger partial charge in [-0.25, -0.2) is 13.2 Å². The fraction of sp³-hybridized carbons (Fsp3) is 0.0769. The molecule has 4 aromatic rings. The second-order valence-corrected chi connectivity index (χ2v) is 10.8. The molecule has 0 bridgehead atoms. The van der Waals surface area contributed by atoms with Gasteiger partial charge in [0, 0.05) is 10.7 Å². The third-order valence-electron chi connectivity index (χ3n) is 5.55. The van der Waals surface area contributed by atoms with E-state index in [-0.39, 0.29) is 16.1 Å². The zero-order valence-corrected chi connectivity index (χ0v) is 20.7. The number of amides is 1. The van der Waals surface area contributed by atoms with Crippen LogP contribution >= 0.6 is 15.9 Å². The van der Waals surface area contributed by atoms with Gasteiger partial charge in [-0.2, -0.15) is 0 Å². The lowest BCUT2D eigenvalue weighted by Crippen LogP contribution is -2.17. The van der Waals surface area contributed by atoms with Crippen molar-refractivity contribution in [3.05, 3.63) is 94.0 Å². The van der Waals surface area contributed by atoms with Crippen molar-refractivity contribution in [3.8, 4) is 11.1 Å². The molecule has 0 aliphatic rings. The number of halogens is 1. The van der Waals surface area contributed by atoms with Gasteiger partial charge in [-0.15, -0.1) is 0 Å². The maximum Gasteiger partial charge on any atom is 0.335 e. The quantitative estimate of drug-likeness (QED) is 0.328. The van der Waals surface area contributed by atoms with Crippen LogP contribution in [0.3, 0.4) is 0 Å². The Balaban J connectivity index is 1.91. The van der Waals surface area contributed by atoms with Crippen LogP contribution in [0.15, 0.2) is 82.2 Å². The highest BCUT2D eigenvalue weighted by Crippen LogP contribution is 2.35. The number of sulfone groups is 1. The van der Waals surface area contributed by atoms with Crippen molar-refractivity contribution in [2.75, 3.05) is 11.6 Å². The summed E-state index contributed by atoms with van der Waals surface area (Å²) in [6.45, 7) is 1.85. The first-order valence-electron chi connectivity index (χ1n) is 10.2. The average molecular weight is 538 g/mol. The van der Waals surface area contributed by atoms with Crippen LogP contribution in [0.5, 0.6) is 0 Å². The van der Waals surface area contributed by atoms with E-state index >= 15 is 0 Å². The van der Waals surface area contributed by atoms with Gasteiger partial charge in [0.25, 0.3) is 5.91 Å². The van der Waals surface area contributed by atoms with Crippen molar-refractivity contribution in [2.24, 2.45) is 0 Å². The summed E-state index contributed by atoms with van der Waals surface area (Å²) >= 11 is 3.46. The maximum atomic E-state index is 13.6. The van der Waals surface area contributed by atoms with Gasteiger partial charge in [0.15, 0.2) is 9.84 Å². The Morgan fingerprint density at radius 3 is 2.29 bits per heavy atom. The predicted octanol–water partition coefficient (Wildman–Crippen LogP) is 5.93. The van der Waals surface area contributed by atoms with Crippen LogP contribution in [0.4, 0.5) is 5.69 Å². The molecule has 4 rings (SSSR count).